The van der Waals surface area contributed by atoms with Gasteiger partial charge in [-0.1, -0.05) is 31.5 Å². The number of rotatable bonds is 11. The SMILES string of the molecule is CCCC(OCC(=O)O)N1NCC(CCC(O)Cc2cccc(C(F)(F)F)c2)CC1=O. The first-order valence-corrected chi connectivity index (χ1v) is 10.3. The number of hydrogen-bond acceptors (Lipinski definition) is 5. The van der Waals surface area contributed by atoms with Crippen LogP contribution in [0.1, 0.15) is 50.2 Å². The smallest absolute Gasteiger partial charge is 0.416 e. The van der Waals surface area contributed by atoms with Crippen LogP contribution in [0, 0.1) is 5.92 Å². The van der Waals surface area contributed by atoms with Gasteiger partial charge in [0.25, 0.3) is 0 Å². The van der Waals surface area contributed by atoms with Crippen molar-refractivity contribution >= 4 is 11.9 Å². The summed E-state index contributed by atoms with van der Waals surface area (Å²) >= 11 is 0. The summed E-state index contributed by atoms with van der Waals surface area (Å²) in [5.41, 5.74) is 2.65. The lowest BCUT2D eigenvalue weighted by molar-refractivity contribution is -0.169. The molecule has 10 heteroatoms. The van der Waals surface area contributed by atoms with Gasteiger partial charge in [-0.3, -0.25) is 4.79 Å². The number of aliphatic hydroxyl groups is 1. The largest absolute Gasteiger partial charge is 0.480 e. The number of ether oxygens (including phenoxy) is 1. The molecule has 1 amide bonds. The molecule has 1 fully saturated rings. The second kappa shape index (κ2) is 11.4. The molecule has 3 unspecified atom stereocenters. The van der Waals surface area contributed by atoms with Crippen molar-refractivity contribution in [2.75, 3.05) is 13.2 Å². The predicted octanol–water partition coefficient (Wildman–Crippen LogP) is 2.97. The van der Waals surface area contributed by atoms with Gasteiger partial charge in [0, 0.05) is 13.0 Å². The van der Waals surface area contributed by atoms with Crippen LogP contribution in [0.2, 0.25) is 0 Å². The molecule has 2 rings (SSSR count). The number of carboxylic acids is 1. The van der Waals surface area contributed by atoms with E-state index < -0.39 is 36.6 Å². The van der Waals surface area contributed by atoms with Crippen LogP contribution in [0.5, 0.6) is 0 Å². The zero-order valence-electron chi connectivity index (χ0n) is 17.4. The number of aliphatic hydroxyl groups excluding tert-OH is 1. The van der Waals surface area contributed by atoms with Crippen LogP contribution in [-0.2, 0) is 26.9 Å². The third-order valence-corrected chi connectivity index (χ3v) is 5.14. The molecule has 0 aromatic heterocycles. The number of carbonyl (C=O) groups excluding carboxylic acids is 1. The molecule has 1 saturated heterocycles. The molecule has 1 aliphatic rings. The van der Waals surface area contributed by atoms with E-state index in [1.165, 1.54) is 11.1 Å². The topological polar surface area (TPSA) is 99.1 Å². The van der Waals surface area contributed by atoms with Gasteiger partial charge in [-0.25, -0.2) is 15.2 Å². The molecule has 174 valence electrons. The van der Waals surface area contributed by atoms with Crippen LogP contribution in [0.3, 0.4) is 0 Å². The molecule has 3 N–H and O–H groups in total. The summed E-state index contributed by atoms with van der Waals surface area (Å²) in [5, 5.41) is 20.4. The number of alkyl halides is 3. The fraction of sp³-hybridized carbons (Fsp3) is 0.619. The zero-order chi connectivity index (χ0) is 23.0. The van der Waals surface area contributed by atoms with Gasteiger partial charge in [-0.2, -0.15) is 13.2 Å². The Bertz CT molecular complexity index is 744. The Morgan fingerprint density at radius 3 is 2.71 bits per heavy atom. The molecule has 7 nitrogen and oxygen atoms in total. The van der Waals surface area contributed by atoms with Crippen molar-refractivity contribution in [1.29, 1.82) is 0 Å². The lowest BCUT2D eigenvalue weighted by atomic mass is 9.93. The predicted molar refractivity (Wildman–Crippen MR) is 106 cm³/mol. The molecule has 0 radical (unpaired) electrons. The summed E-state index contributed by atoms with van der Waals surface area (Å²) in [6.07, 6.45) is -3.50. The first kappa shape index (κ1) is 25.1. The van der Waals surface area contributed by atoms with Gasteiger partial charge >= 0.3 is 12.1 Å². The monoisotopic (exact) mass is 446 g/mol. The molecular formula is C21H29F3N2O5. The van der Waals surface area contributed by atoms with E-state index in [2.05, 4.69) is 5.43 Å². The fourth-order valence-electron chi connectivity index (χ4n) is 3.58. The zero-order valence-corrected chi connectivity index (χ0v) is 17.4. The number of hydrogen-bond donors (Lipinski definition) is 3. The van der Waals surface area contributed by atoms with Crippen molar-refractivity contribution < 1.29 is 37.7 Å². The molecule has 1 aromatic carbocycles. The number of carbonyl (C=O) groups is 2. The quantitative estimate of drug-likeness (QED) is 0.483. The molecule has 3 atom stereocenters. The highest BCUT2D eigenvalue weighted by Crippen LogP contribution is 2.30. The van der Waals surface area contributed by atoms with E-state index in [1.807, 2.05) is 6.92 Å². The Labute approximate surface area is 179 Å². The standard InChI is InChI=1S/C21H29F3N2O5/c1-2-4-19(31-13-20(29)30)26-18(28)11-15(12-25-26)7-8-17(27)10-14-5-3-6-16(9-14)21(22,23)24/h3,5-6,9,15,17,19,25,27H,2,4,7-8,10-13H2,1H3,(H,29,30). The number of aliphatic carboxylic acids is 1. The van der Waals surface area contributed by atoms with E-state index in [1.54, 1.807) is 6.07 Å². The second-order valence-corrected chi connectivity index (χ2v) is 7.78. The fourth-order valence-corrected chi connectivity index (χ4v) is 3.58. The van der Waals surface area contributed by atoms with Crippen LogP contribution < -0.4 is 5.43 Å². The van der Waals surface area contributed by atoms with Gasteiger partial charge in [0.1, 0.15) is 12.8 Å². The third kappa shape index (κ3) is 8.12. The Hall–Kier alpha value is -2.17. The van der Waals surface area contributed by atoms with Gasteiger partial charge in [0.05, 0.1) is 11.7 Å². The highest BCUT2D eigenvalue weighted by Gasteiger charge is 2.32. The molecule has 0 saturated carbocycles. The Morgan fingerprint density at radius 1 is 1.35 bits per heavy atom. The van der Waals surface area contributed by atoms with Crippen LogP contribution >= 0.6 is 0 Å². The molecule has 0 spiro atoms. The van der Waals surface area contributed by atoms with E-state index >= 15 is 0 Å². The average Bonchev–Trinajstić information content (AvgIpc) is 2.69. The van der Waals surface area contributed by atoms with Crippen molar-refractivity contribution in [3.05, 3.63) is 35.4 Å². The van der Waals surface area contributed by atoms with Crippen molar-refractivity contribution in [1.82, 2.24) is 10.4 Å². The summed E-state index contributed by atoms with van der Waals surface area (Å²) in [6, 6.07) is 4.90. The van der Waals surface area contributed by atoms with Gasteiger partial charge in [0.2, 0.25) is 5.91 Å². The van der Waals surface area contributed by atoms with E-state index in [0.717, 1.165) is 12.1 Å². The van der Waals surface area contributed by atoms with E-state index in [4.69, 9.17) is 9.84 Å². The Balaban J connectivity index is 1.82. The number of halogens is 3. The first-order chi connectivity index (χ1) is 14.6. The van der Waals surface area contributed by atoms with Crippen molar-refractivity contribution in [2.24, 2.45) is 5.92 Å². The Morgan fingerprint density at radius 2 is 2.10 bits per heavy atom. The summed E-state index contributed by atoms with van der Waals surface area (Å²) < 4.78 is 43.8. The normalized spacial score (nSPS) is 19.3. The van der Waals surface area contributed by atoms with E-state index in [0.29, 0.717) is 37.8 Å². The van der Waals surface area contributed by atoms with Gasteiger partial charge in [-0.05, 0) is 43.2 Å². The summed E-state index contributed by atoms with van der Waals surface area (Å²) in [7, 11) is 0. The number of carboxylic acid groups (broad SMARTS) is 1. The minimum atomic E-state index is -4.43. The molecule has 31 heavy (non-hydrogen) atoms. The van der Waals surface area contributed by atoms with E-state index in [9.17, 15) is 27.9 Å². The van der Waals surface area contributed by atoms with Crippen LogP contribution in [0.15, 0.2) is 24.3 Å². The minimum absolute atomic E-state index is 0.0401. The maximum absolute atomic E-state index is 12.8. The third-order valence-electron chi connectivity index (χ3n) is 5.14. The summed E-state index contributed by atoms with van der Waals surface area (Å²) in [6.45, 7) is 1.86. The maximum Gasteiger partial charge on any atom is 0.416 e. The van der Waals surface area contributed by atoms with Gasteiger partial charge in [0.15, 0.2) is 0 Å². The molecule has 1 aliphatic heterocycles. The van der Waals surface area contributed by atoms with Crippen LogP contribution in [0.25, 0.3) is 0 Å². The summed E-state index contributed by atoms with van der Waals surface area (Å²) in [4.78, 5) is 23.2. The molecule has 0 aliphatic carbocycles. The molecule has 1 aromatic rings. The molecular weight excluding hydrogens is 417 g/mol. The van der Waals surface area contributed by atoms with Crippen LogP contribution in [0.4, 0.5) is 13.2 Å². The highest BCUT2D eigenvalue weighted by molar-refractivity contribution is 5.77. The Kier molecular flexibility index (Phi) is 9.27. The van der Waals surface area contributed by atoms with Gasteiger partial charge in [-0.15, -0.1) is 0 Å². The molecule has 0 bridgehead atoms. The number of amides is 1. The van der Waals surface area contributed by atoms with Crippen molar-refractivity contribution in [3.63, 3.8) is 0 Å². The number of nitrogens with one attached hydrogen (secondary N) is 1. The minimum Gasteiger partial charge on any atom is -0.480 e. The number of hydrazine groups is 1. The summed E-state index contributed by atoms with van der Waals surface area (Å²) in [5.74, 6) is -1.37. The highest BCUT2D eigenvalue weighted by atomic mass is 19.4. The first-order valence-electron chi connectivity index (χ1n) is 10.3. The van der Waals surface area contributed by atoms with Crippen molar-refractivity contribution in [3.8, 4) is 0 Å². The van der Waals surface area contributed by atoms with Crippen molar-refractivity contribution in [2.45, 2.75) is 64.0 Å². The lowest BCUT2D eigenvalue weighted by Gasteiger charge is -2.37. The number of nitrogens with zero attached hydrogens (tertiary/aromatic N) is 1. The second-order valence-electron chi connectivity index (χ2n) is 7.78. The number of benzene rings is 1. The molecule has 1 heterocycles. The van der Waals surface area contributed by atoms with Gasteiger partial charge < -0.3 is 14.9 Å². The average molecular weight is 446 g/mol. The lowest BCUT2D eigenvalue weighted by Crippen LogP contribution is -2.56. The maximum atomic E-state index is 12.8. The van der Waals surface area contributed by atoms with Crippen LogP contribution in [-0.4, -0.2) is 52.6 Å². The van der Waals surface area contributed by atoms with E-state index in [-0.39, 0.29) is 24.7 Å².